The molecular formula is C32H20N6S2. The Bertz CT molecular complexity index is 1650. The predicted octanol–water partition coefficient (Wildman–Crippen LogP) is 8.80. The summed E-state index contributed by atoms with van der Waals surface area (Å²) in [5.41, 5.74) is 6.02. The van der Waals surface area contributed by atoms with Gasteiger partial charge in [0.15, 0.2) is 0 Å². The number of hydrogen-bond donors (Lipinski definition) is 0. The number of rotatable bonds is 3. The lowest BCUT2D eigenvalue weighted by molar-refractivity contribution is 1.03. The molecule has 2 aliphatic rings. The minimum atomic E-state index is 0.625. The fourth-order valence-electron chi connectivity index (χ4n) is 5.01. The summed E-state index contributed by atoms with van der Waals surface area (Å²) in [6.45, 7) is 0. The third-order valence-electron chi connectivity index (χ3n) is 6.87. The Labute approximate surface area is 239 Å². The maximum Gasteiger partial charge on any atom is 0.234 e. The van der Waals surface area contributed by atoms with Gasteiger partial charge in [-0.2, -0.15) is 0 Å². The number of aromatic nitrogens is 4. The van der Waals surface area contributed by atoms with E-state index in [0.717, 1.165) is 33.9 Å². The van der Waals surface area contributed by atoms with E-state index in [2.05, 4.69) is 82.6 Å². The fraction of sp³-hybridized carbons (Fsp3) is 0. The third-order valence-corrected chi connectivity index (χ3v) is 9.13. The molecule has 40 heavy (non-hydrogen) atoms. The number of fused-ring (bicyclic) bond motifs is 4. The fourth-order valence-corrected chi connectivity index (χ4v) is 7.13. The highest BCUT2D eigenvalue weighted by Gasteiger charge is 2.27. The van der Waals surface area contributed by atoms with Crippen molar-refractivity contribution in [2.24, 2.45) is 0 Å². The number of para-hydroxylation sites is 4. The van der Waals surface area contributed by atoms with E-state index in [4.69, 9.17) is 19.9 Å². The zero-order valence-corrected chi connectivity index (χ0v) is 22.7. The number of anilines is 6. The molecular weight excluding hydrogens is 533 g/mol. The summed E-state index contributed by atoms with van der Waals surface area (Å²) in [5, 5.41) is 0. The van der Waals surface area contributed by atoms with Crippen molar-refractivity contribution in [3.63, 3.8) is 0 Å². The highest BCUT2D eigenvalue weighted by molar-refractivity contribution is 8.00. The summed E-state index contributed by atoms with van der Waals surface area (Å²) >= 11 is 3.53. The van der Waals surface area contributed by atoms with Crippen LogP contribution in [-0.4, -0.2) is 19.9 Å². The van der Waals surface area contributed by atoms with E-state index in [9.17, 15) is 0 Å². The van der Waals surface area contributed by atoms with Gasteiger partial charge in [0.25, 0.3) is 0 Å². The Morgan fingerprint density at radius 2 is 0.650 bits per heavy atom. The van der Waals surface area contributed by atoms with E-state index in [1.165, 1.54) is 19.6 Å². The molecule has 8 rings (SSSR count). The normalized spacial score (nSPS) is 13.2. The Kier molecular flexibility index (Phi) is 5.53. The summed E-state index contributed by atoms with van der Waals surface area (Å²) in [4.78, 5) is 28.1. The lowest BCUT2D eigenvalue weighted by atomic mass is 10.2. The van der Waals surface area contributed by atoms with Crippen molar-refractivity contribution in [3.8, 4) is 11.1 Å². The molecule has 6 aromatic rings. The lowest BCUT2D eigenvalue weighted by Gasteiger charge is -2.31. The summed E-state index contributed by atoms with van der Waals surface area (Å²) in [6, 6.07) is 33.4. The van der Waals surface area contributed by atoms with Gasteiger partial charge in [-0.15, -0.1) is 0 Å². The molecule has 0 atom stereocenters. The molecule has 0 unspecified atom stereocenters. The molecule has 190 valence electrons. The van der Waals surface area contributed by atoms with E-state index in [0.29, 0.717) is 11.9 Å². The molecule has 0 amide bonds. The monoisotopic (exact) mass is 552 g/mol. The van der Waals surface area contributed by atoms with Crippen molar-refractivity contribution in [1.29, 1.82) is 0 Å². The maximum absolute atomic E-state index is 4.79. The van der Waals surface area contributed by atoms with Crippen molar-refractivity contribution in [2.75, 3.05) is 9.80 Å². The Morgan fingerprint density at radius 1 is 0.375 bits per heavy atom. The van der Waals surface area contributed by atoms with Gasteiger partial charge >= 0.3 is 0 Å². The highest BCUT2D eigenvalue weighted by Crippen LogP contribution is 2.51. The molecule has 0 radical (unpaired) electrons. The van der Waals surface area contributed by atoms with E-state index in [1.54, 1.807) is 23.5 Å². The number of nitrogens with zero attached hydrogens (tertiary/aromatic N) is 6. The molecule has 0 fully saturated rings. The van der Waals surface area contributed by atoms with Gasteiger partial charge in [0.05, 0.1) is 22.7 Å². The first-order valence-electron chi connectivity index (χ1n) is 12.8. The van der Waals surface area contributed by atoms with E-state index < -0.39 is 0 Å². The standard InChI is InChI=1S/C32H20N6S2/c1-5-13-27-23(9-1)37(24-10-2-6-14-28(24)39-27)31-33-17-21(18-34-31)22-19-35-32(36-20-22)38-25-11-3-7-15-29(25)40-30-16-8-4-12-26(30)38/h1-20H. The van der Waals surface area contributed by atoms with Crippen molar-refractivity contribution >= 4 is 58.2 Å². The molecule has 0 bridgehead atoms. The van der Waals surface area contributed by atoms with Gasteiger partial charge in [0.1, 0.15) is 0 Å². The summed E-state index contributed by atoms with van der Waals surface area (Å²) in [7, 11) is 0. The van der Waals surface area contributed by atoms with Crippen LogP contribution in [0.3, 0.4) is 0 Å². The number of hydrogen-bond acceptors (Lipinski definition) is 8. The van der Waals surface area contributed by atoms with Gasteiger partial charge < -0.3 is 0 Å². The Balaban J connectivity index is 1.13. The Morgan fingerprint density at radius 3 is 0.950 bits per heavy atom. The second-order valence-electron chi connectivity index (χ2n) is 9.29. The molecule has 8 heteroatoms. The second kappa shape index (κ2) is 9.51. The maximum atomic E-state index is 4.79. The van der Waals surface area contributed by atoms with Gasteiger partial charge in [0, 0.05) is 55.5 Å². The first-order chi connectivity index (χ1) is 19.8. The third kappa shape index (κ3) is 3.84. The second-order valence-corrected chi connectivity index (χ2v) is 11.5. The van der Waals surface area contributed by atoms with Gasteiger partial charge in [0.2, 0.25) is 11.9 Å². The first kappa shape index (κ1) is 23.2. The van der Waals surface area contributed by atoms with Gasteiger partial charge in [-0.3, -0.25) is 9.80 Å². The lowest BCUT2D eigenvalue weighted by Crippen LogP contribution is -2.17. The molecule has 0 saturated carbocycles. The molecule has 6 nitrogen and oxygen atoms in total. The Hall–Kier alpha value is -4.66. The molecule has 0 N–H and O–H groups in total. The average Bonchev–Trinajstić information content (AvgIpc) is 3.03. The molecule has 2 aromatic heterocycles. The van der Waals surface area contributed by atoms with Crippen molar-refractivity contribution in [2.45, 2.75) is 19.6 Å². The summed E-state index contributed by atoms with van der Waals surface area (Å²) < 4.78 is 0. The van der Waals surface area contributed by atoms with Crippen molar-refractivity contribution in [3.05, 3.63) is 122 Å². The number of benzene rings is 4. The molecule has 0 aliphatic carbocycles. The average molecular weight is 553 g/mol. The van der Waals surface area contributed by atoms with Crippen molar-refractivity contribution in [1.82, 2.24) is 19.9 Å². The molecule has 2 aliphatic heterocycles. The van der Waals surface area contributed by atoms with Crippen molar-refractivity contribution < 1.29 is 0 Å². The molecule has 4 heterocycles. The van der Waals surface area contributed by atoms with E-state index >= 15 is 0 Å². The van der Waals surface area contributed by atoms with Crippen LogP contribution in [0.4, 0.5) is 34.6 Å². The van der Waals surface area contributed by atoms with Crippen LogP contribution >= 0.6 is 23.5 Å². The van der Waals surface area contributed by atoms with Gasteiger partial charge in [-0.1, -0.05) is 72.1 Å². The van der Waals surface area contributed by atoms with E-state index in [-0.39, 0.29) is 0 Å². The van der Waals surface area contributed by atoms with Crippen LogP contribution in [0, 0.1) is 0 Å². The zero-order chi connectivity index (χ0) is 26.5. The molecule has 0 saturated heterocycles. The van der Waals surface area contributed by atoms with Crippen LogP contribution in [0.2, 0.25) is 0 Å². The topological polar surface area (TPSA) is 58.0 Å². The van der Waals surface area contributed by atoms with E-state index in [1.807, 2.05) is 49.1 Å². The van der Waals surface area contributed by atoms with Crippen LogP contribution in [0.25, 0.3) is 11.1 Å². The quantitative estimate of drug-likeness (QED) is 0.215. The minimum absolute atomic E-state index is 0.625. The minimum Gasteiger partial charge on any atom is -0.277 e. The summed E-state index contributed by atoms with van der Waals surface area (Å²) in [6.07, 6.45) is 7.37. The zero-order valence-electron chi connectivity index (χ0n) is 21.0. The van der Waals surface area contributed by atoms with Crippen LogP contribution in [0.5, 0.6) is 0 Å². The van der Waals surface area contributed by atoms with Crippen LogP contribution in [0.1, 0.15) is 0 Å². The smallest absolute Gasteiger partial charge is 0.234 e. The van der Waals surface area contributed by atoms with Gasteiger partial charge in [-0.25, -0.2) is 19.9 Å². The van der Waals surface area contributed by atoms with Crippen LogP contribution in [-0.2, 0) is 0 Å². The van der Waals surface area contributed by atoms with Crippen LogP contribution in [0.15, 0.2) is 141 Å². The highest BCUT2D eigenvalue weighted by atomic mass is 32.2. The largest absolute Gasteiger partial charge is 0.277 e. The summed E-state index contributed by atoms with van der Waals surface area (Å²) in [5.74, 6) is 1.25. The van der Waals surface area contributed by atoms with Gasteiger partial charge in [-0.05, 0) is 48.5 Å². The molecule has 0 spiro atoms. The molecule has 4 aromatic carbocycles. The SMILES string of the molecule is c1ccc2c(c1)Sc1ccccc1N2c1ncc(-c2cnc(N3c4ccccc4Sc4ccccc43)nc2)cn1. The van der Waals surface area contributed by atoms with Crippen LogP contribution < -0.4 is 9.80 Å². The predicted molar refractivity (Wildman–Crippen MR) is 161 cm³/mol. The first-order valence-corrected chi connectivity index (χ1v) is 14.4.